The summed E-state index contributed by atoms with van der Waals surface area (Å²) in [5.74, 6) is -0.112. The maximum atomic E-state index is 12.6. The molecule has 0 saturated heterocycles. The van der Waals surface area contributed by atoms with E-state index in [0.717, 1.165) is 0 Å². The number of carbonyl (C=O) groups is 1. The van der Waals surface area contributed by atoms with Crippen LogP contribution in [0.15, 0.2) is 18.2 Å². The Balaban J connectivity index is 2.28. The molecule has 1 heterocycles. The first-order chi connectivity index (χ1) is 7.22. The summed E-state index contributed by atoms with van der Waals surface area (Å²) in [5, 5.41) is 5.53. The molecule has 0 aliphatic heterocycles. The Hall–Kier alpha value is -1.65. The molecule has 0 aromatic carbocycles. The predicted octanol–water partition coefficient (Wildman–Crippen LogP) is 1.16. The van der Waals surface area contributed by atoms with E-state index in [-0.39, 0.29) is 5.91 Å². The van der Waals surface area contributed by atoms with E-state index in [2.05, 4.69) is 15.6 Å². The van der Waals surface area contributed by atoms with Crippen LogP contribution in [0.3, 0.4) is 0 Å². The van der Waals surface area contributed by atoms with Crippen molar-refractivity contribution < 1.29 is 9.18 Å². The van der Waals surface area contributed by atoms with Crippen LogP contribution in [-0.2, 0) is 4.79 Å². The highest BCUT2D eigenvalue weighted by Crippen LogP contribution is 2.02. The third-order valence-corrected chi connectivity index (χ3v) is 1.75. The smallest absolute Gasteiger partial charge is 0.221 e. The molecule has 0 unspecified atom stereocenters. The van der Waals surface area contributed by atoms with Crippen LogP contribution >= 0.6 is 0 Å². The summed E-state index contributed by atoms with van der Waals surface area (Å²) in [6, 6.07) is 4.49. The molecular weight excluding hydrogens is 197 g/mol. The van der Waals surface area contributed by atoms with Crippen molar-refractivity contribution in [1.82, 2.24) is 10.3 Å². The van der Waals surface area contributed by atoms with Crippen molar-refractivity contribution in [1.29, 1.82) is 0 Å². The quantitative estimate of drug-likeness (QED) is 0.718. The molecule has 2 N–H and O–H groups in total. The summed E-state index contributed by atoms with van der Waals surface area (Å²) in [7, 11) is 0. The van der Waals surface area contributed by atoms with Gasteiger partial charge in [0.1, 0.15) is 5.82 Å². The maximum Gasteiger partial charge on any atom is 0.221 e. The van der Waals surface area contributed by atoms with Crippen LogP contribution in [-0.4, -0.2) is 24.0 Å². The number of halogens is 1. The van der Waals surface area contributed by atoms with E-state index in [4.69, 9.17) is 0 Å². The molecule has 0 aliphatic carbocycles. The Morgan fingerprint density at radius 3 is 3.00 bits per heavy atom. The first-order valence-corrected chi connectivity index (χ1v) is 4.85. The number of aromatic nitrogens is 1. The standard InChI is InChI=1S/C10H14FN3O/c1-2-12-10(15)6-7-13-9-5-3-4-8(11)14-9/h3-5H,2,6-7H2,1H3,(H,12,15)(H,13,14). The largest absolute Gasteiger partial charge is 0.369 e. The van der Waals surface area contributed by atoms with Gasteiger partial charge in [-0.2, -0.15) is 4.39 Å². The number of pyridine rings is 1. The van der Waals surface area contributed by atoms with Gasteiger partial charge in [-0.15, -0.1) is 0 Å². The molecule has 0 fully saturated rings. The average molecular weight is 211 g/mol. The van der Waals surface area contributed by atoms with Gasteiger partial charge in [0.05, 0.1) is 0 Å². The lowest BCUT2D eigenvalue weighted by molar-refractivity contribution is -0.120. The third kappa shape index (κ3) is 4.39. The highest BCUT2D eigenvalue weighted by Gasteiger charge is 1.99. The number of anilines is 1. The normalized spacial score (nSPS) is 9.73. The van der Waals surface area contributed by atoms with E-state index < -0.39 is 5.95 Å². The van der Waals surface area contributed by atoms with Gasteiger partial charge in [0, 0.05) is 19.5 Å². The molecular formula is C10H14FN3O. The molecule has 0 bridgehead atoms. The number of nitrogens with one attached hydrogen (secondary N) is 2. The highest BCUT2D eigenvalue weighted by atomic mass is 19.1. The topological polar surface area (TPSA) is 54.0 Å². The predicted molar refractivity (Wildman–Crippen MR) is 56.0 cm³/mol. The van der Waals surface area contributed by atoms with E-state index >= 15 is 0 Å². The summed E-state index contributed by atoms with van der Waals surface area (Å²) in [4.78, 5) is 14.7. The first kappa shape index (κ1) is 11.4. The number of carbonyl (C=O) groups excluding carboxylic acids is 1. The zero-order valence-corrected chi connectivity index (χ0v) is 8.59. The fourth-order valence-electron chi connectivity index (χ4n) is 1.10. The lowest BCUT2D eigenvalue weighted by Crippen LogP contribution is -2.24. The minimum Gasteiger partial charge on any atom is -0.369 e. The second-order valence-electron chi connectivity index (χ2n) is 2.98. The van der Waals surface area contributed by atoms with Crippen LogP contribution in [0.25, 0.3) is 0 Å². The number of hydrogen-bond acceptors (Lipinski definition) is 3. The second kappa shape index (κ2) is 5.95. The molecule has 0 atom stereocenters. The molecule has 0 radical (unpaired) electrons. The SMILES string of the molecule is CCNC(=O)CCNc1cccc(F)n1. The highest BCUT2D eigenvalue weighted by molar-refractivity contribution is 5.76. The van der Waals surface area contributed by atoms with Crippen LogP contribution < -0.4 is 10.6 Å². The van der Waals surface area contributed by atoms with Gasteiger partial charge >= 0.3 is 0 Å². The van der Waals surface area contributed by atoms with Crippen LogP contribution in [0.2, 0.25) is 0 Å². The van der Waals surface area contributed by atoms with Gasteiger partial charge in [0.2, 0.25) is 11.9 Å². The van der Waals surface area contributed by atoms with Gasteiger partial charge in [-0.1, -0.05) is 6.07 Å². The molecule has 0 aliphatic rings. The minimum absolute atomic E-state index is 0.0265. The van der Waals surface area contributed by atoms with Gasteiger partial charge in [-0.05, 0) is 19.1 Å². The zero-order chi connectivity index (χ0) is 11.1. The fourth-order valence-corrected chi connectivity index (χ4v) is 1.10. The van der Waals surface area contributed by atoms with Crippen LogP contribution in [0.1, 0.15) is 13.3 Å². The van der Waals surface area contributed by atoms with Crippen molar-refractivity contribution >= 4 is 11.7 Å². The van der Waals surface area contributed by atoms with Gasteiger partial charge in [-0.25, -0.2) is 4.98 Å². The molecule has 1 rings (SSSR count). The molecule has 1 aromatic rings. The van der Waals surface area contributed by atoms with Crippen LogP contribution in [0, 0.1) is 5.95 Å². The van der Waals surface area contributed by atoms with E-state index in [1.54, 1.807) is 12.1 Å². The number of amides is 1. The fraction of sp³-hybridized carbons (Fsp3) is 0.400. The summed E-state index contributed by atoms with van der Waals surface area (Å²) < 4.78 is 12.6. The van der Waals surface area contributed by atoms with E-state index in [1.807, 2.05) is 6.92 Å². The Labute approximate surface area is 87.9 Å². The summed E-state index contributed by atoms with van der Waals surface area (Å²) in [6.45, 7) is 2.93. The number of nitrogens with zero attached hydrogens (tertiary/aromatic N) is 1. The summed E-state index contributed by atoms with van der Waals surface area (Å²) >= 11 is 0. The van der Waals surface area contributed by atoms with Crippen LogP contribution in [0.5, 0.6) is 0 Å². The Morgan fingerprint density at radius 1 is 1.53 bits per heavy atom. The zero-order valence-electron chi connectivity index (χ0n) is 8.59. The molecule has 5 heteroatoms. The molecule has 0 spiro atoms. The average Bonchev–Trinajstić information content (AvgIpc) is 2.18. The van der Waals surface area contributed by atoms with Gasteiger partial charge in [-0.3, -0.25) is 4.79 Å². The summed E-state index contributed by atoms with van der Waals surface area (Å²) in [6.07, 6.45) is 0.353. The molecule has 1 aromatic heterocycles. The van der Waals surface area contributed by atoms with Crippen molar-refractivity contribution in [2.24, 2.45) is 0 Å². The molecule has 82 valence electrons. The Bertz CT molecular complexity index is 330. The Morgan fingerprint density at radius 2 is 2.33 bits per heavy atom. The lowest BCUT2D eigenvalue weighted by Gasteiger charge is -2.05. The van der Waals surface area contributed by atoms with Crippen molar-refractivity contribution in [2.45, 2.75) is 13.3 Å². The van der Waals surface area contributed by atoms with E-state index in [0.29, 0.717) is 25.3 Å². The van der Waals surface area contributed by atoms with Gasteiger partial charge in [0.25, 0.3) is 0 Å². The van der Waals surface area contributed by atoms with E-state index in [1.165, 1.54) is 6.07 Å². The summed E-state index contributed by atoms with van der Waals surface area (Å²) in [5.41, 5.74) is 0. The number of rotatable bonds is 5. The van der Waals surface area contributed by atoms with E-state index in [9.17, 15) is 9.18 Å². The maximum absolute atomic E-state index is 12.6. The molecule has 0 saturated carbocycles. The lowest BCUT2D eigenvalue weighted by atomic mass is 10.4. The third-order valence-electron chi connectivity index (χ3n) is 1.75. The Kier molecular flexibility index (Phi) is 4.53. The van der Waals surface area contributed by atoms with Crippen molar-refractivity contribution in [2.75, 3.05) is 18.4 Å². The van der Waals surface area contributed by atoms with Gasteiger partial charge in [0.15, 0.2) is 0 Å². The van der Waals surface area contributed by atoms with Crippen molar-refractivity contribution in [3.05, 3.63) is 24.1 Å². The molecule has 15 heavy (non-hydrogen) atoms. The second-order valence-corrected chi connectivity index (χ2v) is 2.98. The van der Waals surface area contributed by atoms with Gasteiger partial charge < -0.3 is 10.6 Å². The molecule has 4 nitrogen and oxygen atoms in total. The first-order valence-electron chi connectivity index (χ1n) is 4.85. The number of hydrogen-bond donors (Lipinski definition) is 2. The monoisotopic (exact) mass is 211 g/mol. The van der Waals surface area contributed by atoms with Crippen molar-refractivity contribution in [3.8, 4) is 0 Å². The van der Waals surface area contributed by atoms with Crippen LogP contribution in [0.4, 0.5) is 10.2 Å². The minimum atomic E-state index is -0.530. The van der Waals surface area contributed by atoms with Crippen molar-refractivity contribution in [3.63, 3.8) is 0 Å². The molecule has 1 amide bonds.